The van der Waals surface area contributed by atoms with Crippen LogP contribution in [0.2, 0.25) is 0 Å². The molecule has 23 heavy (non-hydrogen) atoms. The molecule has 0 aromatic heterocycles. The van der Waals surface area contributed by atoms with E-state index in [2.05, 4.69) is 0 Å². The van der Waals surface area contributed by atoms with Crippen LogP contribution in [-0.2, 0) is 4.74 Å². The highest BCUT2D eigenvalue weighted by atomic mass is 16.7. The normalized spacial score (nSPS) is 12.1. The van der Waals surface area contributed by atoms with Gasteiger partial charge in [0.15, 0.2) is 18.1 Å². The fraction of sp³-hybridized carbons (Fsp3) is 0.222. The van der Waals surface area contributed by atoms with Crippen LogP contribution < -0.4 is 9.47 Å². The molecule has 0 fully saturated rings. The van der Waals surface area contributed by atoms with Gasteiger partial charge in [0.2, 0.25) is 12.6 Å². The molecule has 0 atom stereocenters. The first-order valence-corrected chi connectivity index (χ1v) is 7.22. The van der Waals surface area contributed by atoms with Crippen LogP contribution >= 0.6 is 0 Å². The van der Waals surface area contributed by atoms with E-state index in [-0.39, 0.29) is 19.2 Å². The SMILES string of the molecule is Cc1ccc(C)c(C(=O)COC(=O)c2ccc3c(c2)OCO3)c1. The third-order valence-electron chi connectivity index (χ3n) is 3.64. The zero-order chi connectivity index (χ0) is 16.4. The van der Waals surface area contributed by atoms with Gasteiger partial charge in [0.25, 0.3) is 0 Å². The van der Waals surface area contributed by atoms with Crippen molar-refractivity contribution in [2.45, 2.75) is 13.8 Å². The largest absolute Gasteiger partial charge is 0.454 e. The van der Waals surface area contributed by atoms with E-state index in [0.717, 1.165) is 11.1 Å². The van der Waals surface area contributed by atoms with E-state index in [1.54, 1.807) is 24.3 Å². The number of carbonyl (C=O) groups is 2. The van der Waals surface area contributed by atoms with Gasteiger partial charge in [-0.05, 0) is 43.7 Å². The van der Waals surface area contributed by atoms with Crippen LogP contribution in [0.4, 0.5) is 0 Å². The van der Waals surface area contributed by atoms with E-state index in [9.17, 15) is 9.59 Å². The van der Waals surface area contributed by atoms with Crippen molar-refractivity contribution in [3.05, 3.63) is 58.7 Å². The molecule has 1 heterocycles. The number of ether oxygens (including phenoxy) is 3. The predicted molar refractivity (Wildman–Crippen MR) is 83.1 cm³/mol. The van der Waals surface area contributed by atoms with E-state index >= 15 is 0 Å². The Bertz CT molecular complexity index is 779. The van der Waals surface area contributed by atoms with Gasteiger partial charge in [0.1, 0.15) is 0 Å². The van der Waals surface area contributed by atoms with Crippen molar-refractivity contribution in [3.63, 3.8) is 0 Å². The van der Waals surface area contributed by atoms with E-state index in [1.807, 2.05) is 26.0 Å². The van der Waals surface area contributed by atoms with Gasteiger partial charge in [0.05, 0.1) is 5.56 Å². The molecular weight excluding hydrogens is 296 g/mol. The molecule has 3 rings (SSSR count). The molecule has 0 amide bonds. The number of ketones is 1. The topological polar surface area (TPSA) is 61.8 Å². The first-order chi connectivity index (χ1) is 11.0. The highest BCUT2D eigenvalue weighted by molar-refractivity contribution is 6.00. The monoisotopic (exact) mass is 312 g/mol. The summed E-state index contributed by atoms with van der Waals surface area (Å²) in [5.41, 5.74) is 2.74. The van der Waals surface area contributed by atoms with E-state index in [4.69, 9.17) is 14.2 Å². The van der Waals surface area contributed by atoms with Gasteiger partial charge in [0, 0.05) is 5.56 Å². The highest BCUT2D eigenvalue weighted by Crippen LogP contribution is 2.32. The van der Waals surface area contributed by atoms with Gasteiger partial charge in [-0.2, -0.15) is 0 Å². The Kier molecular flexibility index (Phi) is 4.02. The van der Waals surface area contributed by atoms with Crippen molar-refractivity contribution in [1.82, 2.24) is 0 Å². The number of hydrogen-bond acceptors (Lipinski definition) is 5. The van der Waals surface area contributed by atoms with Crippen molar-refractivity contribution in [2.75, 3.05) is 13.4 Å². The van der Waals surface area contributed by atoms with Crippen molar-refractivity contribution in [1.29, 1.82) is 0 Å². The van der Waals surface area contributed by atoms with E-state index in [0.29, 0.717) is 22.6 Å². The molecule has 0 spiro atoms. The number of Topliss-reactive ketones (excluding diaryl/α,β-unsaturated/α-hetero) is 1. The summed E-state index contributed by atoms with van der Waals surface area (Å²) >= 11 is 0. The second kappa shape index (κ2) is 6.12. The number of benzene rings is 2. The number of rotatable bonds is 4. The molecule has 1 aliphatic heterocycles. The lowest BCUT2D eigenvalue weighted by atomic mass is 10.0. The fourth-order valence-corrected chi connectivity index (χ4v) is 2.35. The molecule has 0 bridgehead atoms. The van der Waals surface area contributed by atoms with Crippen LogP contribution in [0.5, 0.6) is 11.5 Å². The van der Waals surface area contributed by atoms with Crippen molar-refractivity contribution >= 4 is 11.8 Å². The first kappa shape index (κ1) is 15.1. The standard InChI is InChI=1S/C18H16O5/c1-11-3-4-12(2)14(7-11)15(19)9-21-18(20)13-5-6-16-17(8-13)23-10-22-16/h3-8H,9-10H2,1-2H3. The Morgan fingerprint density at radius 1 is 1.04 bits per heavy atom. The lowest BCUT2D eigenvalue weighted by molar-refractivity contribution is 0.0474. The molecule has 2 aromatic rings. The maximum absolute atomic E-state index is 12.2. The van der Waals surface area contributed by atoms with Gasteiger partial charge in [-0.15, -0.1) is 0 Å². The summed E-state index contributed by atoms with van der Waals surface area (Å²) in [7, 11) is 0. The first-order valence-electron chi connectivity index (χ1n) is 7.22. The van der Waals surface area contributed by atoms with Crippen LogP contribution in [0, 0.1) is 13.8 Å². The lowest BCUT2D eigenvalue weighted by Crippen LogP contribution is -2.15. The summed E-state index contributed by atoms with van der Waals surface area (Å²) in [6.45, 7) is 3.61. The average Bonchev–Trinajstić information content (AvgIpc) is 3.02. The fourth-order valence-electron chi connectivity index (χ4n) is 2.35. The number of fused-ring (bicyclic) bond motifs is 1. The minimum atomic E-state index is -0.568. The number of carbonyl (C=O) groups excluding carboxylic acids is 2. The van der Waals surface area contributed by atoms with Crippen LogP contribution in [0.3, 0.4) is 0 Å². The minimum absolute atomic E-state index is 0.138. The van der Waals surface area contributed by atoms with Gasteiger partial charge in [-0.1, -0.05) is 17.7 Å². The molecule has 0 radical (unpaired) electrons. The highest BCUT2D eigenvalue weighted by Gasteiger charge is 2.18. The average molecular weight is 312 g/mol. The molecule has 1 aliphatic rings. The summed E-state index contributed by atoms with van der Waals surface area (Å²) in [5, 5.41) is 0. The lowest BCUT2D eigenvalue weighted by Gasteiger charge is -2.08. The molecule has 2 aromatic carbocycles. The summed E-state index contributed by atoms with van der Waals surface area (Å²) in [4.78, 5) is 24.3. The van der Waals surface area contributed by atoms with E-state index < -0.39 is 5.97 Å². The third-order valence-corrected chi connectivity index (χ3v) is 3.64. The van der Waals surface area contributed by atoms with Crippen LogP contribution in [0.1, 0.15) is 31.8 Å². The third kappa shape index (κ3) is 3.18. The van der Waals surface area contributed by atoms with Gasteiger partial charge in [-0.25, -0.2) is 4.79 Å². The molecular formula is C18H16O5. The quantitative estimate of drug-likeness (QED) is 0.641. The molecule has 5 nitrogen and oxygen atoms in total. The Morgan fingerprint density at radius 2 is 1.83 bits per heavy atom. The number of hydrogen-bond donors (Lipinski definition) is 0. The molecule has 0 saturated heterocycles. The minimum Gasteiger partial charge on any atom is -0.454 e. The Balaban J connectivity index is 1.67. The molecule has 118 valence electrons. The summed E-state index contributed by atoms with van der Waals surface area (Å²) in [6.07, 6.45) is 0. The second-order valence-corrected chi connectivity index (χ2v) is 5.39. The molecule has 5 heteroatoms. The predicted octanol–water partition coefficient (Wildman–Crippen LogP) is 3.07. The van der Waals surface area contributed by atoms with Crippen molar-refractivity contribution < 1.29 is 23.8 Å². The molecule has 0 saturated carbocycles. The van der Waals surface area contributed by atoms with Crippen LogP contribution in [0.15, 0.2) is 36.4 Å². The Morgan fingerprint density at radius 3 is 2.65 bits per heavy atom. The second-order valence-electron chi connectivity index (χ2n) is 5.39. The maximum Gasteiger partial charge on any atom is 0.338 e. The van der Waals surface area contributed by atoms with Crippen LogP contribution in [-0.4, -0.2) is 25.2 Å². The van der Waals surface area contributed by atoms with E-state index in [1.165, 1.54) is 0 Å². The van der Waals surface area contributed by atoms with Gasteiger partial charge in [-0.3, -0.25) is 4.79 Å². The van der Waals surface area contributed by atoms with Gasteiger partial charge < -0.3 is 14.2 Å². The zero-order valence-corrected chi connectivity index (χ0v) is 12.9. The zero-order valence-electron chi connectivity index (χ0n) is 12.9. The Hall–Kier alpha value is -2.82. The van der Waals surface area contributed by atoms with Gasteiger partial charge >= 0.3 is 5.97 Å². The number of aryl methyl sites for hydroxylation is 2. The van der Waals surface area contributed by atoms with Crippen molar-refractivity contribution in [3.8, 4) is 11.5 Å². The molecule has 0 unspecified atom stereocenters. The Labute approximate surface area is 133 Å². The number of esters is 1. The summed E-state index contributed by atoms with van der Waals surface area (Å²) in [6, 6.07) is 10.4. The molecule has 0 aliphatic carbocycles. The summed E-state index contributed by atoms with van der Waals surface area (Å²) < 4.78 is 15.5. The maximum atomic E-state index is 12.2. The molecule has 0 N–H and O–H groups in total. The van der Waals surface area contributed by atoms with Crippen molar-refractivity contribution in [2.24, 2.45) is 0 Å². The smallest absolute Gasteiger partial charge is 0.338 e. The van der Waals surface area contributed by atoms with Crippen LogP contribution in [0.25, 0.3) is 0 Å². The summed E-state index contributed by atoms with van der Waals surface area (Å²) in [5.74, 6) is 0.301.